The number of carboxylic acids is 1. The number of halogens is 1. The number of fused-ring (bicyclic) bond motifs is 1. The van der Waals surface area contributed by atoms with Crippen LogP contribution in [0, 0.1) is 0 Å². The SMILES string of the molecule is O=C(O)CCS(=O)(=O)c1cc2cc(Cl)ccc2o1. The molecule has 0 aliphatic carbocycles. The fourth-order valence-corrected chi connectivity index (χ4v) is 2.81. The molecule has 0 saturated heterocycles. The van der Waals surface area contributed by atoms with E-state index in [0.29, 0.717) is 16.0 Å². The molecule has 0 saturated carbocycles. The molecule has 0 aliphatic rings. The Morgan fingerprint density at radius 3 is 2.72 bits per heavy atom. The highest BCUT2D eigenvalue weighted by Gasteiger charge is 2.20. The Labute approximate surface area is 108 Å². The van der Waals surface area contributed by atoms with Crippen LogP contribution >= 0.6 is 11.6 Å². The van der Waals surface area contributed by atoms with Crippen molar-refractivity contribution in [3.8, 4) is 0 Å². The number of hydrogen-bond donors (Lipinski definition) is 1. The first-order valence-electron chi connectivity index (χ1n) is 5.02. The second kappa shape index (κ2) is 4.62. The molecule has 5 nitrogen and oxygen atoms in total. The minimum atomic E-state index is -3.72. The maximum Gasteiger partial charge on any atom is 0.304 e. The molecule has 0 radical (unpaired) electrons. The Balaban J connectivity index is 2.38. The molecule has 1 aromatic heterocycles. The lowest BCUT2D eigenvalue weighted by Gasteiger charge is -1.97. The predicted molar refractivity (Wildman–Crippen MR) is 65.5 cm³/mol. The van der Waals surface area contributed by atoms with Gasteiger partial charge in [0.05, 0.1) is 12.2 Å². The van der Waals surface area contributed by atoms with Crippen molar-refractivity contribution < 1.29 is 22.7 Å². The van der Waals surface area contributed by atoms with Gasteiger partial charge in [-0.1, -0.05) is 11.6 Å². The van der Waals surface area contributed by atoms with E-state index in [0.717, 1.165) is 0 Å². The molecular formula is C11H9ClO5S. The van der Waals surface area contributed by atoms with Crippen molar-refractivity contribution in [2.45, 2.75) is 11.5 Å². The average molecular weight is 289 g/mol. The van der Waals surface area contributed by atoms with Crippen molar-refractivity contribution in [1.82, 2.24) is 0 Å². The van der Waals surface area contributed by atoms with Crippen LogP contribution in [0.15, 0.2) is 33.8 Å². The largest absolute Gasteiger partial charge is 0.481 e. The molecule has 1 N–H and O–H groups in total. The number of sulfone groups is 1. The molecule has 0 atom stereocenters. The summed E-state index contributed by atoms with van der Waals surface area (Å²) in [6.45, 7) is 0. The quantitative estimate of drug-likeness (QED) is 0.933. The van der Waals surface area contributed by atoms with E-state index >= 15 is 0 Å². The highest BCUT2D eigenvalue weighted by molar-refractivity contribution is 7.91. The zero-order valence-electron chi connectivity index (χ0n) is 9.09. The molecule has 0 aliphatic heterocycles. The van der Waals surface area contributed by atoms with E-state index in [1.807, 2.05) is 0 Å². The van der Waals surface area contributed by atoms with E-state index in [4.69, 9.17) is 21.1 Å². The number of aliphatic carboxylic acids is 1. The van der Waals surface area contributed by atoms with Crippen molar-refractivity contribution in [3.63, 3.8) is 0 Å². The lowest BCUT2D eigenvalue weighted by molar-refractivity contribution is -0.136. The van der Waals surface area contributed by atoms with Crippen LogP contribution in [0.5, 0.6) is 0 Å². The second-order valence-electron chi connectivity index (χ2n) is 3.71. The lowest BCUT2D eigenvalue weighted by atomic mass is 10.3. The minimum Gasteiger partial charge on any atom is -0.481 e. The van der Waals surface area contributed by atoms with Gasteiger partial charge in [-0.25, -0.2) is 8.42 Å². The molecule has 0 fully saturated rings. The monoisotopic (exact) mass is 288 g/mol. The molecule has 1 heterocycles. The molecule has 0 unspecified atom stereocenters. The predicted octanol–water partition coefficient (Wildman–Crippen LogP) is 2.33. The summed E-state index contributed by atoms with van der Waals surface area (Å²) in [5.74, 6) is -1.66. The Bertz CT molecular complexity index is 701. The van der Waals surface area contributed by atoms with E-state index in [-0.39, 0.29) is 5.09 Å². The van der Waals surface area contributed by atoms with Crippen LogP contribution in [0.25, 0.3) is 11.0 Å². The van der Waals surface area contributed by atoms with Gasteiger partial charge in [-0.15, -0.1) is 0 Å². The number of furan rings is 1. The summed E-state index contributed by atoms with van der Waals surface area (Å²) >= 11 is 5.78. The van der Waals surface area contributed by atoms with E-state index < -0.39 is 28.0 Å². The van der Waals surface area contributed by atoms with Crippen molar-refractivity contribution in [3.05, 3.63) is 29.3 Å². The third-order valence-corrected chi connectivity index (χ3v) is 4.14. The second-order valence-corrected chi connectivity index (χ2v) is 6.19. The third-order valence-electron chi connectivity index (χ3n) is 2.35. The van der Waals surface area contributed by atoms with Gasteiger partial charge in [-0.2, -0.15) is 0 Å². The maximum atomic E-state index is 11.8. The van der Waals surface area contributed by atoms with Gasteiger partial charge in [0.1, 0.15) is 5.58 Å². The Kier molecular flexibility index (Phi) is 3.32. The van der Waals surface area contributed by atoms with Crippen LogP contribution in [0.3, 0.4) is 0 Å². The van der Waals surface area contributed by atoms with Crippen LogP contribution in [0.1, 0.15) is 6.42 Å². The number of hydrogen-bond acceptors (Lipinski definition) is 4. The standard InChI is InChI=1S/C11H9ClO5S/c12-8-1-2-9-7(5-8)6-11(17-9)18(15,16)4-3-10(13)14/h1-2,5-6H,3-4H2,(H,13,14). The van der Waals surface area contributed by atoms with E-state index in [1.165, 1.54) is 6.07 Å². The fourth-order valence-electron chi connectivity index (χ4n) is 1.47. The van der Waals surface area contributed by atoms with Gasteiger partial charge in [0, 0.05) is 16.5 Å². The van der Waals surface area contributed by atoms with Crippen LogP contribution in [-0.4, -0.2) is 25.2 Å². The summed E-state index contributed by atoms with van der Waals surface area (Å²) in [4.78, 5) is 10.4. The molecule has 0 amide bonds. The fraction of sp³-hybridized carbons (Fsp3) is 0.182. The van der Waals surface area contributed by atoms with E-state index in [2.05, 4.69) is 0 Å². The highest BCUT2D eigenvalue weighted by atomic mass is 35.5. The number of benzene rings is 1. The molecular weight excluding hydrogens is 280 g/mol. The smallest absolute Gasteiger partial charge is 0.304 e. The van der Waals surface area contributed by atoms with Crippen LogP contribution < -0.4 is 0 Å². The molecule has 2 aromatic rings. The number of carbonyl (C=O) groups is 1. The molecule has 0 spiro atoms. The minimum absolute atomic E-state index is 0.235. The summed E-state index contributed by atoms with van der Waals surface area (Å²) in [5, 5.41) is 9.29. The van der Waals surface area contributed by atoms with Crippen LogP contribution in [-0.2, 0) is 14.6 Å². The summed E-state index contributed by atoms with van der Waals surface area (Å²) in [6, 6.07) is 6.07. The first-order chi connectivity index (χ1) is 8.38. The van der Waals surface area contributed by atoms with E-state index in [9.17, 15) is 13.2 Å². The van der Waals surface area contributed by atoms with Crippen molar-refractivity contribution in [2.75, 3.05) is 5.75 Å². The van der Waals surface area contributed by atoms with Gasteiger partial charge in [0.15, 0.2) is 0 Å². The third kappa shape index (κ3) is 2.65. The topological polar surface area (TPSA) is 84.6 Å². The van der Waals surface area contributed by atoms with Crippen molar-refractivity contribution in [2.24, 2.45) is 0 Å². The molecule has 2 rings (SSSR count). The summed E-state index contributed by atoms with van der Waals surface area (Å²) in [5.41, 5.74) is 0.397. The van der Waals surface area contributed by atoms with Gasteiger partial charge in [-0.05, 0) is 18.2 Å². The Morgan fingerprint density at radius 1 is 1.33 bits per heavy atom. The summed E-state index contributed by atoms with van der Waals surface area (Å²) in [6.07, 6.45) is -0.458. The van der Waals surface area contributed by atoms with Crippen molar-refractivity contribution >= 4 is 38.4 Å². The lowest BCUT2D eigenvalue weighted by Crippen LogP contribution is -2.10. The zero-order valence-corrected chi connectivity index (χ0v) is 10.7. The van der Waals surface area contributed by atoms with Gasteiger partial charge >= 0.3 is 5.97 Å². The van der Waals surface area contributed by atoms with Gasteiger partial charge in [0.25, 0.3) is 0 Å². The van der Waals surface area contributed by atoms with Crippen molar-refractivity contribution in [1.29, 1.82) is 0 Å². The maximum absolute atomic E-state index is 11.8. The molecule has 1 aromatic carbocycles. The molecule has 7 heteroatoms. The average Bonchev–Trinajstić information content (AvgIpc) is 2.70. The normalized spacial score (nSPS) is 11.8. The highest BCUT2D eigenvalue weighted by Crippen LogP contribution is 2.26. The Morgan fingerprint density at radius 2 is 2.06 bits per heavy atom. The molecule has 96 valence electrons. The first kappa shape index (κ1) is 12.9. The van der Waals surface area contributed by atoms with Gasteiger partial charge in [0.2, 0.25) is 14.9 Å². The first-order valence-corrected chi connectivity index (χ1v) is 7.05. The summed E-state index contributed by atoms with van der Waals surface area (Å²) in [7, 11) is -3.72. The van der Waals surface area contributed by atoms with Gasteiger partial charge in [-0.3, -0.25) is 4.79 Å². The molecule has 18 heavy (non-hydrogen) atoms. The number of rotatable bonds is 4. The zero-order chi connectivity index (χ0) is 13.3. The van der Waals surface area contributed by atoms with Crippen LogP contribution in [0.2, 0.25) is 5.02 Å². The van der Waals surface area contributed by atoms with E-state index in [1.54, 1.807) is 18.2 Å². The van der Waals surface area contributed by atoms with Crippen LogP contribution in [0.4, 0.5) is 0 Å². The molecule has 0 bridgehead atoms. The van der Waals surface area contributed by atoms with Gasteiger partial charge < -0.3 is 9.52 Å². The Hall–Kier alpha value is -1.53. The number of carboxylic acid groups (broad SMARTS) is 1. The summed E-state index contributed by atoms with van der Waals surface area (Å²) < 4.78 is 28.8.